The van der Waals surface area contributed by atoms with Gasteiger partial charge in [-0.05, 0) is 64.3 Å². The summed E-state index contributed by atoms with van der Waals surface area (Å²) in [5, 5.41) is 2.14. The fourth-order valence-corrected chi connectivity index (χ4v) is 3.90. The summed E-state index contributed by atoms with van der Waals surface area (Å²) in [5.74, 6) is 0. The van der Waals surface area contributed by atoms with Gasteiger partial charge >= 0.3 is 7.48 Å². The lowest BCUT2D eigenvalue weighted by Crippen LogP contribution is -2.40. The molecule has 0 saturated heterocycles. The molecule has 0 aromatic heterocycles. The number of fused-ring (bicyclic) bond motifs is 4. The van der Waals surface area contributed by atoms with Crippen LogP contribution in [-0.2, 0) is 10.1 Å². The number of hydrogen-bond acceptors (Lipinski definition) is 1. The summed E-state index contributed by atoms with van der Waals surface area (Å²) in [7, 11) is 8.12. The Morgan fingerprint density at radius 1 is 0.821 bits per heavy atom. The summed E-state index contributed by atoms with van der Waals surface area (Å²) in [6.07, 6.45) is 0. The molecule has 0 saturated carbocycles. The van der Waals surface area contributed by atoms with E-state index in [1.54, 1.807) is 0 Å². The molecule has 0 N–H and O–H groups in total. The van der Waals surface area contributed by atoms with Gasteiger partial charge in [0.15, 0.2) is 0 Å². The van der Waals surface area contributed by atoms with Gasteiger partial charge < -0.3 is 4.65 Å². The molecule has 1 nitrogen and oxygen atoms in total. The molecule has 4 rings (SSSR count). The van der Waals surface area contributed by atoms with Gasteiger partial charge in [-0.15, -0.1) is 0 Å². The smallest absolute Gasteiger partial charge is 0.330 e. The van der Waals surface area contributed by atoms with Crippen molar-refractivity contribution in [3.05, 3.63) is 65.7 Å². The molecule has 0 atom stereocenters. The standard InChI is InChI=1S/C25H27B2O/c1-23(2)21-12-11-18(27-28-25(5,6)24(3,4)26)15-20(21)19-13-16-9-7-8-10-17(16)14-22(19)23/h7-15H,1-6H3. The van der Waals surface area contributed by atoms with E-state index in [-0.39, 0.29) is 5.41 Å². The van der Waals surface area contributed by atoms with Crippen molar-refractivity contribution in [3.63, 3.8) is 0 Å². The molecule has 3 aromatic carbocycles. The van der Waals surface area contributed by atoms with Crippen LogP contribution in [-0.4, -0.2) is 20.9 Å². The Kier molecular flexibility index (Phi) is 4.32. The maximum absolute atomic E-state index is 6.27. The number of benzene rings is 3. The lowest BCUT2D eigenvalue weighted by Gasteiger charge is -2.39. The predicted molar refractivity (Wildman–Crippen MR) is 122 cm³/mol. The van der Waals surface area contributed by atoms with Crippen molar-refractivity contribution < 1.29 is 4.65 Å². The molecule has 0 spiro atoms. The van der Waals surface area contributed by atoms with E-state index in [9.17, 15) is 0 Å². The fraction of sp³-hybridized carbons (Fsp3) is 0.360. The summed E-state index contributed by atoms with van der Waals surface area (Å²) in [6.45, 7) is 12.7. The first-order valence-corrected chi connectivity index (χ1v) is 9.99. The Balaban J connectivity index is 1.75. The van der Waals surface area contributed by atoms with Gasteiger partial charge in [0.1, 0.15) is 0 Å². The molecule has 1 aliphatic carbocycles. The summed E-state index contributed by atoms with van der Waals surface area (Å²) in [4.78, 5) is 0. The van der Waals surface area contributed by atoms with Crippen LogP contribution in [0.1, 0.15) is 52.7 Å². The molecular formula is C25H27B2O. The van der Waals surface area contributed by atoms with E-state index in [2.05, 4.69) is 68.4 Å². The average molecular weight is 365 g/mol. The zero-order valence-corrected chi connectivity index (χ0v) is 17.8. The van der Waals surface area contributed by atoms with Crippen molar-refractivity contribution in [2.45, 2.75) is 57.9 Å². The Morgan fingerprint density at radius 2 is 1.43 bits per heavy atom. The highest BCUT2D eigenvalue weighted by Crippen LogP contribution is 2.49. The average Bonchev–Trinajstić information content (AvgIpc) is 2.84. The summed E-state index contributed by atoms with van der Waals surface area (Å²) >= 11 is 0. The van der Waals surface area contributed by atoms with Gasteiger partial charge in [0.05, 0.1) is 7.85 Å². The van der Waals surface area contributed by atoms with Gasteiger partial charge in [0.25, 0.3) is 0 Å². The Hall–Kier alpha value is -1.99. The number of rotatable bonds is 4. The van der Waals surface area contributed by atoms with Gasteiger partial charge in [-0.2, -0.15) is 0 Å². The normalized spacial score (nSPS) is 15.4. The molecule has 0 aliphatic heterocycles. The number of hydrogen-bond donors (Lipinski definition) is 0. The molecule has 0 bridgehead atoms. The van der Waals surface area contributed by atoms with Crippen molar-refractivity contribution >= 4 is 31.6 Å². The van der Waals surface area contributed by atoms with Crippen molar-refractivity contribution in [2.24, 2.45) is 0 Å². The van der Waals surface area contributed by atoms with E-state index >= 15 is 0 Å². The van der Waals surface area contributed by atoms with E-state index in [0.29, 0.717) is 0 Å². The second-order valence-electron chi connectivity index (χ2n) is 9.64. The van der Waals surface area contributed by atoms with Crippen LogP contribution in [0.2, 0.25) is 5.31 Å². The van der Waals surface area contributed by atoms with Crippen LogP contribution in [0, 0.1) is 0 Å². The molecule has 139 valence electrons. The van der Waals surface area contributed by atoms with Crippen molar-refractivity contribution in [1.82, 2.24) is 0 Å². The van der Waals surface area contributed by atoms with Crippen LogP contribution in [0.3, 0.4) is 0 Å². The highest BCUT2D eigenvalue weighted by molar-refractivity contribution is 6.47. The van der Waals surface area contributed by atoms with Crippen molar-refractivity contribution in [3.8, 4) is 11.1 Å². The molecule has 28 heavy (non-hydrogen) atoms. The third-order valence-corrected chi connectivity index (χ3v) is 6.61. The molecule has 3 aromatic rings. The summed E-state index contributed by atoms with van der Waals surface area (Å²) in [5.41, 5.74) is 5.98. The third kappa shape index (κ3) is 3.01. The molecule has 0 fully saturated rings. The first kappa shape index (κ1) is 19.3. The minimum atomic E-state index is -0.459. The van der Waals surface area contributed by atoms with Gasteiger partial charge in [-0.3, -0.25) is 0 Å². The third-order valence-electron chi connectivity index (χ3n) is 6.61. The summed E-state index contributed by atoms with van der Waals surface area (Å²) < 4.78 is 6.10. The molecular weight excluding hydrogens is 338 g/mol. The zero-order valence-electron chi connectivity index (χ0n) is 17.8. The SMILES string of the molecule is [B]C(C)(C)C(C)(C)O[B]c1ccc2c(c1)-c1cc3ccccc3cc1C2(C)C. The monoisotopic (exact) mass is 365 g/mol. The molecule has 1 aliphatic rings. The first-order chi connectivity index (χ1) is 13.0. The maximum Gasteiger partial charge on any atom is 0.330 e. The zero-order chi connectivity index (χ0) is 20.3. The van der Waals surface area contributed by atoms with E-state index in [4.69, 9.17) is 12.5 Å². The molecule has 0 unspecified atom stereocenters. The minimum absolute atomic E-state index is 0.00734. The van der Waals surface area contributed by atoms with E-state index in [0.717, 1.165) is 5.46 Å². The second-order valence-corrected chi connectivity index (χ2v) is 9.64. The highest BCUT2D eigenvalue weighted by Gasteiger charge is 2.36. The largest absolute Gasteiger partial charge is 0.430 e. The molecule has 0 heterocycles. The predicted octanol–water partition coefficient (Wildman–Crippen LogP) is 5.55. The Bertz CT molecular complexity index is 1060. The van der Waals surface area contributed by atoms with Gasteiger partial charge in [0.2, 0.25) is 0 Å². The van der Waals surface area contributed by atoms with E-state index in [1.807, 2.05) is 35.2 Å². The summed E-state index contributed by atoms with van der Waals surface area (Å²) in [6, 6.07) is 19.9. The lowest BCUT2D eigenvalue weighted by molar-refractivity contribution is 0.0767. The Morgan fingerprint density at radius 3 is 2.07 bits per heavy atom. The fourth-order valence-electron chi connectivity index (χ4n) is 3.90. The van der Waals surface area contributed by atoms with Crippen molar-refractivity contribution in [2.75, 3.05) is 0 Å². The van der Waals surface area contributed by atoms with Crippen molar-refractivity contribution in [1.29, 1.82) is 0 Å². The topological polar surface area (TPSA) is 9.23 Å². The van der Waals surface area contributed by atoms with Gasteiger partial charge in [-0.25, -0.2) is 0 Å². The van der Waals surface area contributed by atoms with Gasteiger partial charge in [-0.1, -0.05) is 75.6 Å². The van der Waals surface area contributed by atoms with E-state index in [1.165, 1.54) is 33.0 Å². The van der Waals surface area contributed by atoms with Crippen LogP contribution < -0.4 is 5.46 Å². The van der Waals surface area contributed by atoms with Crippen LogP contribution in [0.15, 0.2) is 54.6 Å². The maximum atomic E-state index is 6.27. The molecule has 3 radical (unpaired) electrons. The minimum Gasteiger partial charge on any atom is -0.430 e. The second kappa shape index (κ2) is 6.26. The quantitative estimate of drug-likeness (QED) is 0.551. The van der Waals surface area contributed by atoms with Crippen LogP contribution >= 0.6 is 0 Å². The molecule has 3 heteroatoms. The van der Waals surface area contributed by atoms with Crippen LogP contribution in [0.25, 0.3) is 21.9 Å². The van der Waals surface area contributed by atoms with Gasteiger partial charge in [0, 0.05) is 11.0 Å². The lowest BCUT2D eigenvalue weighted by atomic mass is 9.61. The first-order valence-electron chi connectivity index (χ1n) is 9.99. The van der Waals surface area contributed by atoms with E-state index < -0.39 is 10.9 Å². The van der Waals surface area contributed by atoms with Crippen LogP contribution in [0.4, 0.5) is 0 Å². The molecule has 0 amide bonds. The Labute approximate surface area is 171 Å². The highest BCUT2D eigenvalue weighted by atomic mass is 16.5. The van der Waals surface area contributed by atoms with Crippen LogP contribution in [0.5, 0.6) is 0 Å².